The summed E-state index contributed by atoms with van der Waals surface area (Å²) >= 11 is 0. The topological polar surface area (TPSA) is 76.3 Å². The van der Waals surface area contributed by atoms with E-state index in [-0.39, 0.29) is 11.7 Å². The zero-order valence-electron chi connectivity index (χ0n) is 20.5. The number of halogens is 1. The summed E-state index contributed by atoms with van der Waals surface area (Å²) in [6.45, 7) is 12.0. The van der Waals surface area contributed by atoms with Crippen LogP contribution in [0.25, 0.3) is 32.9 Å². The standard InChI is InChI=1S/C28H28FN7O/c1-31-24-7-4-20(18-23(24)29)26-25(19-2-5-22(6-3-19)34-14-16-37-17-15-34)27-32-10-13-36(27)28(33-26)35-11-8-21(30)9-12-35/h2-7,10,13,18,21H,8-9,11-12,14-17,30H2. The van der Waals surface area contributed by atoms with E-state index in [1.54, 1.807) is 12.3 Å². The van der Waals surface area contributed by atoms with Gasteiger partial charge in [-0.3, -0.25) is 4.40 Å². The number of morpholine rings is 1. The molecular formula is C28H28FN7O. The molecule has 4 heterocycles. The molecule has 2 N–H and O–H groups in total. The quantitative estimate of drug-likeness (QED) is 0.418. The van der Waals surface area contributed by atoms with Gasteiger partial charge < -0.3 is 20.3 Å². The third-order valence-electron chi connectivity index (χ3n) is 7.22. The SMILES string of the molecule is [C-]#[N+]c1ccc(-c2nc(N3CCC(N)CC3)n3ccnc3c2-c2ccc(N3CCOCC3)cc2)cc1F. The van der Waals surface area contributed by atoms with Gasteiger partial charge in [0.25, 0.3) is 0 Å². The molecule has 2 aromatic carbocycles. The summed E-state index contributed by atoms with van der Waals surface area (Å²) in [5.74, 6) is 0.203. The Bertz CT molecular complexity index is 1460. The molecule has 8 nitrogen and oxygen atoms in total. The van der Waals surface area contributed by atoms with Crippen LogP contribution >= 0.6 is 0 Å². The van der Waals surface area contributed by atoms with Crippen LogP contribution in [0.2, 0.25) is 0 Å². The summed E-state index contributed by atoms with van der Waals surface area (Å²) in [5, 5.41) is 0. The fraction of sp³-hybridized carbons (Fsp3) is 0.321. The third kappa shape index (κ3) is 4.39. The molecule has 9 heteroatoms. The molecule has 2 aliphatic rings. The van der Waals surface area contributed by atoms with Crippen LogP contribution in [-0.2, 0) is 4.74 Å². The van der Waals surface area contributed by atoms with Gasteiger partial charge in [0.2, 0.25) is 11.6 Å². The molecule has 37 heavy (non-hydrogen) atoms. The Morgan fingerprint density at radius 1 is 0.973 bits per heavy atom. The first-order chi connectivity index (χ1) is 18.1. The van der Waals surface area contributed by atoms with E-state index in [9.17, 15) is 4.39 Å². The number of ether oxygens (including phenoxy) is 1. The van der Waals surface area contributed by atoms with Crippen molar-refractivity contribution >= 4 is 23.0 Å². The van der Waals surface area contributed by atoms with Crippen molar-refractivity contribution < 1.29 is 9.13 Å². The molecule has 0 amide bonds. The molecule has 2 aromatic heterocycles. The Hall–Kier alpha value is -4.00. The highest BCUT2D eigenvalue weighted by Gasteiger charge is 2.25. The number of hydrogen-bond acceptors (Lipinski definition) is 6. The van der Waals surface area contributed by atoms with E-state index in [1.165, 1.54) is 12.1 Å². The van der Waals surface area contributed by atoms with Crippen LogP contribution in [0.15, 0.2) is 54.9 Å². The summed E-state index contributed by atoms with van der Waals surface area (Å²) in [6.07, 6.45) is 5.46. The number of nitrogens with zero attached hydrogens (tertiary/aromatic N) is 6. The van der Waals surface area contributed by atoms with E-state index in [0.29, 0.717) is 11.3 Å². The molecule has 6 rings (SSSR count). The molecule has 0 spiro atoms. The monoisotopic (exact) mass is 497 g/mol. The molecule has 2 fully saturated rings. The average molecular weight is 498 g/mol. The summed E-state index contributed by atoms with van der Waals surface area (Å²) < 4.78 is 22.3. The number of piperidine rings is 1. The molecule has 4 aromatic rings. The Morgan fingerprint density at radius 2 is 1.70 bits per heavy atom. The van der Waals surface area contributed by atoms with E-state index < -0.39 is 5.82 Å². The number of fused-ring (bicyclic) bond motifs is 1. The number of rotatable bonds is 4. The van der Waals surface area contributed by atoms with Crippen molar-refractivity contribution in [3.8, 4) is 22.4 Å². The van der Waals surface area contributed by atoms with E-state index in [2.05, 4.69) is 38.9 Å². The molecule has 0 bridgehead atoms. The minimum Gasteiger partial charge on any atom is -0.378 e. The van der Waals surface area contributed by atoms with Crippen LogP contribution in [0.5, 0.6) is 0 Å². The second kappa shape index (κ2) is 9.81. The fourth-order valence-electron chi connectivity index (χ4n) is 5.17. The number of anilines is 2. The van der Waals surface area contributed by atoms with E-state index in [1.807, 2.05) is 10.6 Å². The number of imidazole rings is 1. The predicted octanol–water partition coefficient (Wildman–Crippen LogP) is 4.52. The molecule has 0 aliphatic carbocycles. The number of nitrogens with two attached hydrogens (primary N) is 1. The lowest BCUT2D eigenvalue weighted by atomic mass is 9.99. The molecule has 0 saturated carbocycles. The van der Waals surface area contributed by atoms with Gasteiger partial charge in [0.15, 0.2) is 0 Å². The third-order valence-corrected chi connectivity index (χ3v) is 7.22. The largest absolute Gasteiger partial charge is 0.378 e. The molecule has 0 unspecified atom stereocenters. The van der Waals surface area contributed by atoms with E-state index in [0.717, 1.165) is 80.6 Å². The Balaban J connectivity index is 1.51. The van der Waals surface area contributed by atoms with E-state index >= 15 is 0 Å². The number of benzene rings is 2. The van der Waals surface area contributed by atoms with Gasteiger partial charge in [0.05, 0.1) is 31.0 Å². The first kappa shape index (κ1) is 23.4. The second-order valence-electron chi connectivity index (χ2n) is 9.51. The number of aromatic nitrogens is 3. The summed E-state index contributed by atoms with van der Waals surface area (Å²) in [5.41, 5.74) is 11.0. The van der Waals surface area contributed by atoms with Crippen LogP contribution in [0.3, 0.4) is 0 Å². The van der Waals surface area contributed by atoms with Gasteiger partial charge in [-0.05, 0) is 36.6 Å². The first-order valence-corrected chi connectivity index (χ1v) is 12.6. The molecule has 2 saturated heterocycles. The van der Waals surface area contributed by atoms with Crippen molar-refractivity contribution in [3.05, 3.63) is 72.1 Å². The Labute approximate surface area is 214 Å². The maximum Gasteiger partial charge on any atom is 0.222 e. The highest BCUT2D eigenvalue weighted by atomic mass is 19.1. The van der Waals surface area contributed by atoms with Gasteiger partial charge in [-0.1, -0.05) is 24.3 Å². The maximum absolute atomic E-state index is 14.8. The minimum atomic E-state index is -0.559. The highest BCUT2D eigenvalue weighted by Crippen LogP contribution is 2.38. The van der Waals surface area contributed by atoms with Crippen molar-refractivity contribution in [2.75, 3.05) is 49.2 Å². The van der Waals surface area contributed by atoms with Gasteiger partial charge in [-0.15, -0.1) is 0 Å². The first-order valence-electron chi connectivity index (χ1n) is 12.6. The molecule has 2 aliphatic heterocycles. The van der Waals surface area contributed by atoms with Crippen LogP contribution < -0.4 is 15.5 Å². The van der Waals surface area contributed by atoms with Crippen molar-refractivity contribution in [2.45, 2.75) is 18.9 Å². The lowest BCUT2D eigenvalue weighted by Gasteiger charge is -2.32. The fourth-order valence-corrected chi connectivity index (χ4v) is 5.17. The van der Waals surface area contributed by atoms with Crippen LogP contribution in [0.4, 0.5) is 21.7 Å². The molecule has 188 valence electrons. The van der Waals surface area contributed by atoms with Crippen LogP contribution in [0.1, 0.15) is 12.8 Å². The van der Waals surface area contributed by atoms with Crippen molar-refractivity contribution in [1.29, 1.82) is 0 Å². The van der Waals surface area contributed by atoms with Crippen molar-refractivity contribution in [3.63, 3.8) is 0 Å². The van der Waals surface area contributed by atoms with E-state index in [4.69, 9.17) is 27.0 Å². The zero-order chi connectivity index (χ0) is 25.4. The van der Waals surface area contributed by atoms with Crippen molar-refractivity contribution in [2.24, 2.45) is 5.73 Å². The summed E-state index contributed by atoms with van der Waals surface area (Å²) in [4.78, 5) is 17.6. The van der Waals surface area contributed by atoms with Gasteiger partial charge in [0, 0.05) is 55.9 Å². The van der Waals surface area contributed by atoms with Gasteiger partial charge >= 0.3 is 0 Å². The lowest BCUT2D eigenvalue weighted by Crippen LogP contribution is -2.40. The Kier molecular flexibility index (Phi) is 6.20. The summed E-state index contributed by atoms with van der Waals surface area (Å²) in [6, 6.07) is 13.2. The minimum absolute atomic E-state index is 0.00713. The average Bonchev–Trinajstić information content (AvgIpc) is 3.43. The molecule has 0 atom stereocenters. The predicted molar refractivity (Wildman–Crippen MR) is 143 cm³/mol. The Morgan fingerprint density at radius 3 is 2.41 bits per heavy atom. The maximum atomic E-state index is 14.8. The second-order valence-corrected chi connectivity index (χ2v) is 9.51. The van der Waals surface area contributed by atoms with Crippen molar-refractivity contribution in [1.82, 2.24) is 14.4 Å². The van der Waals surface area contributed by atoms with Gasteiger partial charge in [0.1, 0.15) is 11.5 Å². The molecular weight excluding hydrogens is 469 g/mol. The van der Waals surface area contributed by atoms with Gasteiger partial charge in [-0.25, -0.2) is 19.2 Å². The van der Waals surface area contributed by atoms with Crippen LogP contribution in [-0.4, -0.2) is 59.8 Å². The smallest absolute Gasteiger partial charge is 0.222 e. The van der Waals surface area contributed by atoms with Gasteiger partial charge in [-0.2, -0.15) is 0 Å². The van der Waals surface area contributed by atoms with Crippen LogP contribution in [0, 0.1) is 12.4 Å². The summed E-state index contributed by atoms with van der Waals surface area (Å²) in [7, 11) is 0. The molecule has 0 radical (unpaired) electrons. The lowest BCUT2D eigenvalue weighted by molar-refractivity contribution is 0.122. The number of hydrogen-bond donors (Lipinski definition) is 1. The normalized spacial score (nSPS) is 16.8. The highest BCUT2D eigenvalue weighted by molar-refractivity contribution is 5.91. The zero-order valence-corrected chi connectivity index (χ0v) is 20.5.